The van der Waals surface area contributed by atoms with Crippen LogP contribution in [0.4, 0.5) is 5.69 Å². The molecule has 0 bridgehead atoms. The highest BCUT2D eigenvalue weighted by molar-refractivity contribution is 7.80. The van der Waals surface area contributed by atoms with Crippen LogP contribution in [0.5, 0.6) is 0 Å². The summed E-state index contributed by atoms with van der Waals surface area (Å²) in [7, 11) is 2.12. The van der Waals surface area contributed by atoms with E-state index in [-0.39, 0.29) is 0 Å². The molecule has 2 N–H and O–H groups in total. The van der Waals surface area contributed by atoms with Crippen molar-refractivity contribution in [2.75, 3.05) is 18.5 Å². The van der Waals surface area contributed by atoms with Gasteiger partial charge in [0.25, 0.3) is 0 Å². The number of hydrogen-bond donors (Lipinski definition) is 1. The van der Waals surface area contributed by atoms with Crippen molar-refractivity contribution in [3.63, 3.8) is 0 Å². The van der Waals surface area contributed by atoms with Gasteiger partial charge in [-0.1, -0.05) is 50.5 Å². The smallest absolute Gasteiger partial charge is 0.104 e. The maximum Gasteiger partial charge on any atom is 0.104 e. The average Bonchev–Trinajstić information content (AvgIpc) is 2.34. The Labute approximate surface area is 110 Å². The first-order valence-electron chi connectivity index (χ1n) is 6.26. The van der Waals surface area contributed by atoms with Crippen LogP contribution in [0.2, 0.25) is 0 Å². The lowest BCUT2D eigenvalue weighted by atomic mass is 10.1. The van der Waals surface area contributed by atoms with Gasteiger partial charge in [0.2, 0.25) is 0 Å². The van der Waals surface area contributed by atoms with E-state index < -0.39 is 0 Å². The predicted molar refractivity (Wildman–Crippen MR) is 79.7 cm³/mol. The number of benzene rings is 1. The summed E-state index contributed by atoms with van der Waals surface area (Å²) < 4.78 is 0. The molecule has 0 saturated carbocycles. The summed E-state index contributed by atoms with van der Waals surface area (Å²) in [5.74, 6) is 0. The first-order valence-corrected chi connectivity index (χ1v) is 6.67. The zero-order valence-electron chi connectivity index (χ0n) is 10.8. The highest BCUT2D eigenvalue weighted by atomic mass is 32.1. The number of nitrogens with two attached hydrogens (primary N) is 1. The van der Waals surface area contributed by atoms with Gasteiger partial charge in [-0.2, -0.15) is 0 Å². The minimum absolute atomic E-state index is 0.464. The molecule has 1 aromatic rings. The molecule has 0 spiro atoms. The number of anilines is 1. The van der Waals surface area contributed by atoms with E-state index in [0.29, 0.717) is 4.99 Å². The molecule has 2 nitrogen and oxygen atoms in total. The van der Waals surface area contributed by atoms with E-state index in [1.165, 1.54) is 31.4 Å². The summed E-state index contributed by atoms with van der Waals surface area (Å²) in [5.41, 5.74) is 7.76. The van der Waals surface area contributed by atoms with E-state index in [9.17, 15) is 0 Å². The summed E-state index contributed by atoms with van der Waals surface area (Å²) in [6.45, 7) is 3.32. The Bertz CT molecular complexity index is 363. The first-order chi connectivity index (χ1) is 8.15. The van der Waals surface area contributed by atoms with Gasteiger partial charge in [0.05, 0.1) is 0 Å². The van der Waals surface area contributed by atoms with Crippen molar-refractivity contribution in [3.8, 4) is 0 Å². The molecule has 0 heterocycles. The molecule has 0 aromatic heterocycles. The Morgan fingerprint density at radius 2 is 2.06 bits per heavy atom. The monoisotopic (exact) mass is 250 g/mol. The topological polar surface area (TPSA) is 29.3 Å². The third kappa shape index (κ3) is 4.73. The van der Waals surface area contributed by atoms with Gasteiger partial charge in [-0.05, 0) is 18.6 Å². The van der Waals surface area contributed by atoms with Gasteiger partial charge in [-0.15, -0.1) is 0 Å². The standard InChI is InChI=1S/C14H22N2S/c1-3-4-5-6-10-16(2)13-9-7-8-12(11-13)14(15)17/h7-9,11H,3-6,10H2,1-2H3,(H2,15,17). The quantitative estimate of drug-likeness (QED) is 0.594. The SMILES string of the molecule is CCCCCCN(C)c1cccc(C(N)=S)c1. The van der Waals surface area contributed by atoms with Crippen LogP contribution < -0.4 is 10.6 Å². The molecule has 0 aliphatic carbocycles. The Hall–Kier alpha value is -1.09. The summed E-state index contributed by atoms with van der Waals surface area (Å²) in [6, 6.07) is 8.12. The minimum Gasteiger partial charge on any atom is -0.389 e. The fraction of sp³-hybridized carbons (Fsp3) is 0.500. The number of unbranched alkanes of at least 4 members (excludes halogenated alkanes) is 3. The van der Waals surface area contributed by atoms with Crippen molar-refractivity contribution in [2.24, 2.45) is 5.73 Å². The molecule has 94 valence electrons. The second kappa shape index (κ2) is 7.28. The van der Waals surface area contributed by atoms with E-state index in [0.717, 1.165) is 12.1 Å². The van der Waals surface area contributed by atoms with E-state index in [1.54, 1.807) is 0 Å². The highest BCUT2D eigenvalue weighted by Gasteiger charge is 2.02. The summed E-state index contributed by atoms with van der Waals surface area (Å²) in [6.07, 6.45) is 5.14. The summed E-state index contributed by atoms with van der Waals surface area (Å²) >= 11 is 4.99. The van der Waals surface area contributed by atoms with Crippen LogP contribution in [0, 0.1) is 0 Å². The maximum atomic E-state index is 5.64. The lowest BCUT2D eigenvalue weighted by molar-refractivity contribution is 0.661. The lowest BCUT2D eigenvalue weighted by Crippen LogP contribution is -2.19. The molecule has 0 radical (unpaired) electrons. The molecule has 0 aliphatic heterocycles. The molecule has 3 heteroatoms. The number of hydrogen-bond acceptors (Lipinski definition) is 2. The third-order valence-electron chi connectivity index (χ3n) is 2.92. The number of rotatable bonds is 7. The van der Waals surface area contributed by atoms with Crippen molar-refractivity contribution in [3.05, 3.63) is 29.8 Å². The van der Waals surface area contributed by atoms with Crippen molar-refractivity contribution < 1.29 is 0 Å². The van der Waals surface area contributed by atoms with Gasteiger partial charge in [-0.3, -0.25) is 0 Å². The normalized spacial score (nSPS) is 10.2. The molecule has 0 fully saturated rings. The van der Waals surface area contributed by atoms with E-state index in [4.69, 9.17) is 18.0 Å². The molecular formula is C14H22N2S. The molecule has 0 aliphatic rings. The minimum atomic E-state index is 0.464. The number of thiocarbonyl (C=S) groups is 1. The molecule has 0 saturated heterocycles. The fourth-order valence-corrected chi connectivity index (χ4v) is 1.93. The van der Waals surface area contributed by atoms with Crippen LogP contribution in [0.3, 0.4) is 0 Å². The molecule has 0 unspecified atom stereocenters. The second-order valence-electron chi connectivity index (χ2n) is 4.40. The van der Waals surface area contributed by atoms with Crippen LogP contribution in [0.15, 0.2) is 24.3 Å². The van der Waals surface area contributed by atoms with Gasteiger partial charge >= 0.3 is 0 Å². The van der Waals surface area contributed by atoms with Gasteiger partial charge in [0, 0.05) is 24.8 Å². The van der Waals surface area contributed by atoms with Crippen LogP contribution in [0.1, 0.15) is 38.2 Å². The molecule has 0 amide bonds. The fourth-order valence-electron chi connectivity index (χ4n) is 1.80. The predicted octanol–water partition coefficient (Wildman–Crippen LogP) is 3.34. The van der Waals surface area contributed by atoms with Gasteiger partial charge in [0.1, 0.15) is 4.99 Å². The zero-order chi connectivity index (χ0) is 12.7. The molecule has 1 rings (SSSR count). The van der Waals surface area contributed by atoms with Crippen LogP contribution in [0.25, 0.3) is 0 Å². The van der Waals surface area contributed by atoms with Crippen LogP contribution in [-0.4, -0.2) is 18.6 Å². The summed E-state index contributed by atoms with van der Waals surface area (Å²) in [5, 5.41) is 0. The lowest BCUT2D eigenvalue weighted by Gasteiger charge is -2.19. The highest BCUT2D eigenvalue weighted by Crippen LogP contribution is 2.15. The van der Waals surface area contributed by atoms with Crippen molar-refractivity contribution in [2.45, 2.75) is 32.6 Å². The van der Waals surface area contributed by atoms with Gasteiger partial charge in [-0.25, -0.2) is 0 Å². The average molecular weight is 250 g/mol. The molecule has 0 atom stereocenters. The number of nitrogens with zero attached hydrogens (tertiary/aromatic N) is 1. The Morgan fingerprint density at radius 3 is 2.71 bits per heavy atom. The largest absolute Gasteiger partial charge is 0.389 e. The van der Waals surface area contributed by atoms with E-state index >= 15 is 0 Å². The molecule has 17 heavy (non-hydrogen) atoms. The van der Waals surface area contributed by atoms with Crippen LogP contribution in [-0.2, 0) is 0 Å². The zero-order valence-corrected chi connectivity index (χ0v) is 11.6. The van der Waals surface area contributed by atoms with Crippen molar-refractivity contribution >= 4 is 22.9 Å². The van der Waals surface area contributed by atoms with Crippen molar-refractivity contribution in [1.82, 2.24) is 0 Å². The molecule has 1 aromatic carbocycles. The molecular weight excluding hydrogens is 228 g/mol. The van der Waals surface area contributed by atoms with E-state index in [1.807, 2.05) is 12.1 Å². The van der Waals surface area contributed by atoms with E-state index in [2.05, 4.69) is 31.0 Å². The Morgan fingerprint density at radius 1 is 1.29 bits per heavy atom. The van der Waals surface area contributed by atoms with Crippen LogP contribution >= 0.6 is 12.2 Å². The van der Waals surface area contributed by atoms with Gasteiger partial charge < -0.3 is 10.6 Å². The van der Waals surface area contributed by atoms with Crippen molar-refractivity contribution in [1.29, 1.82) is 0 Å². The third-order valence-corrected chi connectivity index (χ3v) is 3.15. The maximum absolute atomic E-state index is 5.64. The first kappa shape index (κ1) is 14.0. The van der Waals surface area contributed by atoms with Gasteiger partial charge in [0.15, 0.2) is 0 Å². The second-order valence-corrected chi connectivity index (χ2v) is 4.84. The summed E-state index contributed by atoms with van der Waals surface area (Å²) in [4.78, 5) is 2.73. The Kier molecular flexibility index (Phi) is 5.98. The Balaban J connectivity index is 2.53.